The first kappa shape index (κ1) is 28.4. The zero-order valence-corrected chi connectivity index (χ0v) is 28.1. The highest BCUT2D eigenvalue weighted by Crippen LogP contribution is 2.44. The van der Waals surface area contributed by atoms with Crippen LogP contribution in [0.25, 0.3) is 0 Å². The van der Waals surface area contributed by atoms with Crippen LogP contribution in [0.2, 0.25) is 0 Å². The van der Waals surface area contributed by atoms with E-state index < -0.39 is 0 Å². The van der Waals surface area contributed by atoms with Crippen LogP contribution in [-0.4, -0.2) is 13.4 Å². The predicted molar refractivity (Wildman–Crippen MR) is 203 cm³/mol. The standard InChI is InChI=1S/C42H24B2O4S2/c1-3-11-25(12-4-1)45-27-19-35-41-39(21-27)49-37-24-38-32(23-31(37)43(41)29-15-7-9-17-33(29)47-35)44-30-16-8-10-18-34(30)48-36-20-28(22-40(50-38)42(36)44)46-26-13-5-2-6-14-26/h1-24H. The molecule has 11 rings (SSSR count). The van der Waals surface area contributed by atoms with Crippen LogP contribution in [-0.2, 0) is 0 Å². The van der Waals surface area contributed by atoms with Crippen LogP contribution in [0.5, 0.6) is 46.0 Å². The van der Waals surface area contributed by atoms with E-state index in [1.807, 2.05) is 84.9 Å². The molecule has 0 N–H and O–H groups in total. The van der Waals surface area contributed by atoms with Crippen LogP contribution in [0.4, 0.5) is 0 Å². The average Bonchev–Trinajstić information content (AvgIpc) is 3.14. The van der Waals surface area contributed by atoms with Crippen molar-refractivity contribution in [3.05, 3.63) is 146 Å². The molecular formula is C42H24B2O4S2. The van der Waals surface area contributed by atoms with Crippen molar-refractivity contribution >= 4 is 69.7 Å². The minimum absolute atomic E-state index is 0.0277. The van der Waals surface area contributed by atoms with E-state index in [-0.39, 0.29) is 13.4 Å². The van der Waals surface area contributed by atoms with Crippen molar-refractivity contribution < 1.29 is 18.9 Å². The molecule has 4 heterocycles. The van der Waals surface area contributed by atoms with E-state index in [1.54, 1.807) is 23.5 Å². The van der Waals surface area contributed by atoms with Crippen molar-refractivity contribution in [2.75, 3.05) is 0 Å². The molecule has 0 spiro atoms. The van der Waals surface area contributed by atoms with Gasteiger partial charge in [0.25, 0.3) is 13.4 Å². The summed E-state index contributed by atoms with van der Waals surface area (Å²) in [6.45, 7) is 0.0553. The number of para-hydroxylation sites is 4. The summed E-state index contributed by atoms with van der Waals surface area (Å²) >= 11 is 3.59. The Morgan fingerprint density at radius 3 is 1.28 bits per heavy atom. The lowest BCUT2D eigenvalue weighted by Crippen LogP contribution is -2.62. The molecule has 4 aliphatic heterocycles. The van der Waals surface area contributed by atoms with Gasteiger partial charge in [0.2, 0.25) is 0 Å². The van der Waals surface area contributed by atoms with Crippen molar-refractivity contribution in [2.24, 2.45) is 0 Å². The molecule has 0 fully saturated rings. The molecule has 0 saturated carbocycles. The normalized spacial score (nSPS) is 13.7. The highest BCUT2D eigenvalue weighted by molar-refractivity contribution is 8.01. The maximum Gasteiger partial charge on any atom is 0.253 e. The van der Waals surface area contributed by atoms with Gasteiger partial charge in [-0.15, -0.1) is 0 Å². The quantitative estimate of drug-likeness (QED) is 0.180. The van der Waals surface area contributed by atoms with Crippen LogP contribution in [0.3, 0.4) is 0 Å². The maximum atomic E-state index is 6.62. The Labute approximate surface area is 298 Å². The Morgan fingerprint density at radius 1 is 0.360 bits per heavy atom. The third-order valence-corrected chi connectivity index (χ3v) is 12.1. The highest BCUT2D eigenvalue weighted by Gasteiger charge is 2.44. The number of hydrogen-bond acceptors (Lipinski definition) is 6. The van der Waals surface area contributed by atoms with Crippen molar-refractivity contribution in [3.63, 3.8) is 0 Å². The van der Waals surface area contributed by atoms with Gasteiger partial charge in [-0.3, -0.25) is 0 Å². The SMILES string of the molecule is c1ccc(Oc2cc3c4c(c2)Sc2cc5c(cc2B4c2ccccc2O3)B2c3ccccc3Oc3cc(Oc4ccccc4)cc(c32)S5)cc1. The van der Waals surface area contributed by atoms with Gasteiger partial charge in [-0.1, -0.05) is 113 Å². The molecule has 50 heavy (non-hydrogen) atoms. The lowest BCUT2D eigenvalue weighted by atomic mass is 9.32. The number of rotatable bonds is 4. The minimum atomic E-state index is 0.0277. The van der Waals surface area contributed by atoms with Crippen LogP contribution in [0.1, 0.15) is 0 Å². The fourth-order valence-corrected chi connectivity index (χ4v) is 10.2. The first-order valence-electron chi connectivity index (χ1n) is 16.6. The first-order chi connectivity index (χ1) is 24.7. The number of benzene rings is 7. The van der Waals surface area contributed by atoms with Gasteiger partial charge in [0.05, 0.1) is 0 Å². The molecule has 0 aromatic heterocycles. The molecule has 0 saturated heterocycles. The summed E-state index contributed by atoms with van der Waals surface area (Å²) in [6, 6.07) is 50.0. The van der Waals surface area contributed by atoms with Gasteiger partial charge in [-0.05, 0) is 76.4 Å². The molecule has 0 bridgehead atoms. The Bertz CT molecular complexity index is 2350. The highest BCUT2D eigenvalue weighted by atomic mass is 32.2. The summed E-state index contributed by atoms with van der Waals surface area (Å²) in [5.41, 5.74) is 7.35. The third-order valence-electron chi connectivity index (χ3n) is 9.79. The molecule has 7 aromatic carbocycles. The lowest BCUT2D eigenvalue weighted by Gasteiger charge is -2.36. The lowest BCUT2D eigenvalue weighted by molar-refractivity contribution is 0.460. The molecular weight excluding hydrogens is 654 g/mol. The maximum absolute atomic E-state index is 6.62. The number of hydrogen-bond donors (Lipinski definition) is 0. The Morgan fingerprint density at radius 2 is 0.800 bits per heavy atom. The van der Waals surface area contributed by atoms with Gasteiger partial charge in [-0.2, -0.15) is 0 Å². The fraction of sp³-hybridized carbons (Fsp3) is 0. The van der Waals surface area contributed by atoms with Gasteiger partial charge in [0, 0.05) is 31.7 Å². The zero-order chi connectivity index (χ0) is 32.8. The number of fused-ring (bicyclic) bond motifs is 8. The van der Waals surface area contributed by atoms with Gasteiger partial charge >= 0.3 is 0 Å². The molecule has 0 radical (unpaired) electrons. The molecule has 234 valence electrons. The molecule has 4 aliphatic rings. The Balaban J connectivity index is 1.08. The van der Waals surface area contributed by atoms with E-state index in [4.69, 9.17) is 18.9 Å². The van der Waals surface area contributed by atoms with E-state index in [0.717, 1.165) is 55.8 Å². The second kappa shape index (κ2) is 11.0. The largest absolute Gasteiger partial charge is 0.458 e. The summed E-state index contributed by atoms with van der Waals surface area (Å²) in [5.74, 6) is 6.57. The third kappa shape index (κ3) is 4.45. The zero-order valence-electron chi connectivity index (χ0n) is 26.5. The van der Waals surface area contributed by atoms with Crippen molar-refractivity contribution in [1.29, 1.82) is 0 Å². The fourth-order valence-electron chi connectivity index (χ4n) is 7.71. The Kier molecular flexibility index (Phi) is 6.27. The van der Waals surface area contributed by atoms with E-state index in [1.165, 1.54) is 42.6 Å². The van der Waals surface area contributed by atoms with Crippen LogP contribution in [0, 0.1) is 0 Å². The van der Waals surface area contributed by atoms with E-state index in [0.29, 0.717) is 0 Å². The molecule has 0 aliphatic carbocycles. The van der Waals surface area contributed by atoms with E-state index >= 15 is 0 Å². The van der Waals surface area contributed by atoms with Crippen LogP contribution in [0.15, 0.2) is 165 Å². The van der Waals surface area contributed by atoms with Crippen LogP contribution < -0.4 is 51.7 Å². The monoisotopic (exact) mass is 678 g/mol. The second-order valence-electron chi connectivity index (χ2n) is 12.8. The molecule has 7 aromatic rings. The topological polar surface area (TPSA) is 36.9 Å². The molecule has 0 atom stereocenters. The summed E-state index contributed by atoms with van der Waals surface area (Å²) in [4.78, 5) is 4.79. The van der Waals surface area contributed by atoms with E-state index in [9.17, 15) is 0 Å². The van der Waals surface area contributed by atoms with Gasteiger partial charge < -0.3 is 18.9 Å². The molecule has 0 unspecified atom stereocenters. The number of ether oxygens (including phenoxy) is 4. The van der Waals surface area contributed by atoms with Crippen molar-refractivity contribution in [2.45, 2.75) is 19.6 Å². The Hall–Kier alpha value is -5.43. The summed E-state index contributed by atoms with van der Waals surface area (Å²) in [5, 5.41) is 0. The summed E-state index contributed by atoms with van der Waals surface area (Å²) < 4.78 is 26.0. The van der Waals surface area contributed by atoms with Gasteiger partial charge in [0.1, 0.15) is 46.0 Å². The molecule has 4 nitrogen and oxygen atoms in total. The van der Waals surface area contributed by atoms with Crippen molar-refractivity contribution in [1.82, 2.24) is 0 Å². The van der Waals surface area contributed by atoms with Crippen molar-refractivity contribution in [3.8, 4) is 46.0 Å². The average molecular weight is 678 g/mol. The van der Waals surface area contributed by atoms with Gasteiger partial charge in [0.15, 0.2) is 0 Å². The first-order valence-corrected chi connectivity index (χ1v) is 18.3. The minimum Gasteiger partial charge on any atom is -0.458 e. The van der Waals surface area contributed by atoms with Gasteiger partial charge in [-0.25, -0.2) is 0 Å². The molecule has 8 heteroatoms. The smallest absolute Gasteiger partial charge is 0.253 e. The van der Waals surface area contributed by atoms with E-state index in [2.05, 4.69) is 60.7 Å². The summed E-state index contributed by atoms with van der Waals surface area (Å²) in [6.07, 6.45) is 0. The predicted octanol–water partition coefficient (Wildman–Crippen LogP) is 7.44. The van der Waals surface area contributed by atoms with Crippen LogP contribution >= 0.6 is 23.5 Å². The second-order valence-corrected chi connectivity index (χ2v) is 14.9. The molecule has 0 amide bonds. The summed E-state index contributed by atoms with van der Waals surface area (Å²) in [7, 11) is 0.